The lowest BCUT2D eigenvalue weighted by Gasteiger charge is -2.29. The molecule has 1 amide bonds. The SMILES string of the molecule is CC1CCN(C(=O)/C=C/c2cnc3sccn23)CC1. The zero-order valence-corrected chi connectivity index (χ0v) is 11.8. The lowest BCUT2D eigenvalue weighted by Crippen LogP contribution is -2.36. The number of nitrogens with zero attached hydrogens (tertiary/aromatic N) is 3. The minimum atomic E-state index is 0.108. The van der Waals surface area contributed by atoms with Crippen molar-refractivity contribution >= 4 is 28.3 Å². The van der Waals surface area contributed by atoms with E-state index < -0.39 is 0 Å². The van der Waals surface area contributed by atoms with Crippen LogP contribution in [-0.2, 0) is 4.79 Å². The highest BCUT2D eigenvalue weighted by atomic mass is 32.1. The van der Waals surface area contributed by atoms with Crippen molar-refractivity contribution < 1.29 is 4.79 Å². The minimum absolute atomic E-state index is 0.108. The van der Waals surface area contributed by atoms with Crippen LogP contribution in [0.4, 0.5) is 0 Å². The molecule has 100 valence electrons. The Balaban J connectivity index is 1.69. The van der Waals surface area contributed by atoms with Crippen LogP contribution >= 0.6 is 11.3 Å². The summed E-state index contributed by atoms with van der Waals surface area (Å²) in [5.41, 5.74) is 0.954. The van der Waals surface area contributed by atoms with E-state index in [0.717, 1.165) is 42.5 Å². The molecular formula is C14H17N3OS. The van der Waals surface area contributed by atoms with Crippen molar-refractivity contribution in [2.24, 2.45) is 5.92 Å². The van der Waals surface area contributed by atoms with E-state index in [9.17, 15) is 4.79 Å². The summed E-state index contributed by atoms with van der Waals surface area (Å²) >= 11 is 1.59. The quantitative estimate of drug-likeness (QED) is 0.790. The Kier molecular flexibility index (Phi) is 3.38. The highest BCUT2D eigenvalue weighted by molar-refractivity contribution is 7.15. The van der Waals surface area contributed by atoms with Gasteiger partial charge in [-0.25, -0.2) is 4.98 Å². The highest BCUT2D eigenvalue weighted by Gasteiger charge is 2.18. The van der Waals surface area contributed by atoms with Gasteiger partial charge in [-0.15, -0.1) is 11.3 Å². The molecule has 0 atom stereocenters. The van der Waals surface area contributed by atoms with Crippen LogP contribution in [-0.4, -0.2) is 33.3 Å². The average molecular weight is 275 g/mol. The largest absolute Gasteiger partial charge is 0.339 e. The molecule has 2 aromatic rings. The molecule has 0 unspecified atom stereocenters. The van der Waals surface area contributed by atoms with E-state index in [-0.39, 0.29) is 5.91 Å². The minimum Gasteiger partial charge on any atom is -0.339 e. The van der Waals surface area contributed by atoms with E-state index >= 15 is 0 Å². The number of hydrogen-bond donors (Lipinski definition) is 0. The number of carbonyl (C=O) groups excluding carboxylic acids is 1. The Hall–Kier alpha value is -1.62. The van der Waals surface area contributed by atoms with Gasteiger partial charge in [0.25, 0.3) is 0 Å². The fourth-order valence-electron chi connectivity index (χ4n) is 2.36. The first kappa shape index (κ1) is 12.4. The summed E-state index contributed by atoms with van der Waals surface area (Å²) in [6, 6.07) is 0. The number of fused-ring (bicyclic) bond motifs is 1. The number of likely N-dealkylation sites (tertiary alicyclic amines) is 1. The van der Waals surface area contributed by atoms with Crippen molar-refractivity contribution in [1.82, 2.24) is 14.3 Å². The van der Waals surface area contributed by atoms with Crippen LogP contribution in [0.2, 0.25) is 0 Å². The summed E-state index contributed by atoms with van der Waals surface area (Å²) in [5, 5.41) is 1.99. The molecule has 1 fully saturated rings. The van der Waals surface area contributed by atoms with E-state index in [1.807, 2.05) is 27.0 Å². The summed E-state index contributed by atoms with van der Waals surface area (Å²) in [5.74, 6) is 0.852. The average Bonchev–Trinajstić information content (AvgIpc) is 3.00. The van der Waals surface area contributed by atoms with Gasteiger partial charge < -0.3 is 4.90 Å². The van der Waals surface area contributed by atoms with Crippen LogP contribution in [0.15, 0.2) is 23.8 Å². The zero-order valence-electron chi connectivity index (χ0n) is 11.0. The maximum atomic E-state index is 12.1. The first-order valence-electron chi connectivity index (χ1n) is 6.61. The fourth-order valence-corrected chi connectivity index (χ4v) is 3.06. The number of hydrogen-bond acceptors (Lipinski definition) is 3. The molecule has 0 spiro atoms. The van der Waals surface area contributed by atoms with Gasteiger partial charge >= 0.3 is 0 Å². The van der Waals surface area contributed by atoms with Gasteiger partial charge in [-0.1, -0.05) is 6.92 Å². The molecular weight excluding hydrogens is 258 g/mol. The van der Waals surface area contributed by atoms with Crippen LogP contribution in [0.3, 0.4) is 0 Å². The number of imidazole rings is 1. The molecule has 0 aromatic carbocycles. The van der Waals surface area contributed by atoms with Crippen molar-refractivity contribution in [2.75, 3.05) is 13.1 Å². The highest BCUT2D eigenvalue weighted by Crippen LogP contribution is 2.17. The molecule has 5 heteroatoms. The second-order valence-electron chi connectivity index (χ2n) is 5.08. The smallest absolute Gasteiger partial charge is 0.246 e. The Morgan fingerprint density at radius 1 is 1.47 bits per heavy atom. The monoisotopic (exact) mass is 275 g/mol. The number of amides is 1. The Bertz CT molecular complexity index is 605. The lowest BCUT2D eigenvalue weighted by molar-refractivity contribution is -0.127. The third-order valence-electron chi connectivity index (χ3n) is 3.67. The first-order valence-corrected chi connectivity index (χ1v) is 7.49. The van der Waals surface area contributed by atoms with Crippen molar-refractivity contribution in [1.29, 1.82) is 0 Å². The lowest BCUT2D eigenvalue weighted by atomic mass is 9.99. The van der Waals surface area contributed by atoms with Crippen LogP contribution in [0.1, 0.15) is 25.5 Å². The van der Waals surface area contributed by atoms with Gasteiger partial charge in [-0.3, -0.25) is 9.20 Å². The molecule has 1 saturated heterocycles. The van der Waals surface area contributed by atoms with Crippen LogP contribution < -0.4 is 0 Å². The normalized spacial score (nSPS) is 17.6. The second-order valence-corrected chi connectivity index (χ2v) is 5.95. The standard InChI is InChI=1S/C14H17N3OS/c1-11-4-6-16(7-5-11)13(18)3-2-12-10-15-14-17(12)8-9-19-14/h2-3,8-11H,4-7H2,1H3/b3-2+. The molecule has 1 aliphatic rings. The van der Waals surface area contributed by atoms with Crippen LogP contribution in [0.25, 0.3) is 11.0 Å². The van der Waals surface area contributed by atoms with E-state index in [2.05, 4.69) is 11.9 Å². The topological polar surface area (TPSA) is 37.6 Å². The van der Waals surface area contributed by atoms with Crippen LogP contribution in [0, 0.1) is 5.92 Å². The Morgan fingerprint density at radius 3 is 3.05 bits per heavy atom. The molecule has 3 heterocycles. The molecule has 19 heavy (non-hydrogen) atoms. The molecule has 0 bridgehead atoms. The van der Waals surface area contributed by atoms with Gasteiger partial charge in [0.15, 0.2) is 4.96 Å². The van der Waals surface area contributed by atoms with Gasteiger partial charge in [-0.2, -0.15) is 0 Å². The first-order chi connectivity index (χ1) is 9.24. The Morgan fingerprint density at radius 2 is 2.26 bits per heavy atom. The molecule has 2 aromatic heterocycles. The van der Waals surface area contributed by atoms with Crippen LogP contribution in [0.5, 0.6) is 0 Å². The molecule has 0 N–H and O–H groups in total. The molecule has 1 aliphatic heterocycles. The fraction of sp³-hybridized carbons (Fsp3) is 0.429. The maximum Gasteiger partial charge on any atom is 0.246 e. The number of carbonyl (C=O) groups is 1. The van der Waals surface area contributed by atoms with Gasteiger partial charge in [0.05, 0.1) is 11.9 Å². The van der Waals surface area contributed by atoms with E-state index in [4.69, 9.17) is 0 Å². The van der Waals surface area contributed by atoms with E-state index in [1.165, 1.54) is 0 Å². The molecule has 0 aliphatic carbocycles. The predicted molar refractivity (Wildman–Crippen MR) is 77.1 cm³/mol. The maximum absolute atomic E-state index is 12.1. The Labute approximate surface area is 116 Å². The molecule has 0 radical (unpaired) electrons. The van der Waals surface area contributed by atoms with Crippen molar-refractivity contribution in [3.05, 3.63) is 29.5 Å². The summed E-state index contributed by atoms with van der Waals surface area (Å²) < 4.78 is 1.99. The summed E-state index contributed by atoms with van der Waals surface area (Å²) in [7, 11) is 0. The third kappa shape index (κ3) is 2.56. The summed E-state index contributed by atoms with van der Waals surface area (Å²) in [4.78, 5) is 19.3. The van der Waals surface area contributed by atoms with E-state index in [0.29, 0.717) is 0 Å². The second kappa shape index (κ2) is 5.17. The number of piperidine rings is 1. The van der Waals surface area contributed by atoms with E-state index in [1.54, 1.807) is 23.6 Å². The zero-order chi connectivity index (χ0) is 13.2. The predicted octanol–water partition coefficient (Wildman–Crippen LogP) is 2.67. The van der Waals surface area contributed by atoms with Gasteiger partial charge in [0, 0.05) is 30.7 Å². The summed E-state index contributed by atoms with van der Waals surface area (Å²) in [6.07, 6.45) is 9.51. The number of aromatic nitrogens is 2. The van der Waals surface area contributed by atoms with Crippen molar-refractivity contribution in [3.8, 4) is 0 Å². The molecule has 4 nitrogen and oxygen atoms in total. The van der Waals surface area contributed by atoms with Gasteiger partial charge in [0.1, 0.15) is 0 Å². The van der Waals surface area contributed by atoms with Crippen molar-refractivity contribution in [2.45, 2.75) is 19.8 Å². The third-order valence-corrected chi connectivity index (χ3v) is 4.44. The van der Waals surface area contributed by atoms with Gasteiger partial charge in [-0.05, 0) is 24.8 Å². The molecule has 3 rings (SSSR count). The van der Waals surface area contributed by atoms with Gasteiger partial charge in [0.2, 0.25) is 5.91 Å². The van der Waals surface area contributed by atoms with Crippen molar-refractivity contribution in [3.63, 3.8) is 0 Å². The summed E-state index contributed by atoms with van der Waals surface area (Å²) in [6.45, 7) is 4.01. The number of thiazole rings is 1. The number of rotatable bonds is 2. The molecule has 0 saturated carbocycles.